The van der Waals surface area contributed by atoms with Gasteiger partial charge in [0.05, 0.1) is 16.8 Å². The molecule has 9 aromatic rings. The second-order valence-corrected chi connectivity index (χ2v) is 14.0. The monoisotopic (exact) mass is 687 g/mol. The Labute approximate surface area is 317 Å². The van der Waals surface area contributed by atoms with Crippen LogP contribution in [0, 0.1) is 0 Å². The van der Waals surface area contributed by atoms with E-state index in [4.69, 9.17) is 0 Å². The summed E-state index contributed by atoms with van der Waals surface area (Å²) < 4.78 is 0. The maximum Gasteiger partial charge on any atom is 0.0719 e. The predicted molar refractivity (Wildman–Crippen MR) is 227 cm³/mol. The van der Waals surface area contributed by atoms with Crippen LogP contribution in [0.15, 0.2) is 224 Å². The van der Waals surface area contributed by atoms with Crippen LogP contribution in [0.1, 0.15) is 22.3 Å². The molecule has 0 unspecified atom stereocenters. The van der Waals surface area contributed by atoms with Gasteiger partial charge in [0.2, 0.25) is 0 Å². The van der Waals surface area contributed by atoms with E-state index in [1.165, 1.54) is 66.4 Å². The van der Waals surface area contributed by atoms with Gasteiger partial charge in [-0.2, -0.15) is 0 Å². The molecule has 0 aliphatic heterocycles. The Morgan fingerprint density at radius 1 is 0.315 bits per heavy atom. The summed E-state index contributed by atoms with van der Waals surface area (Å²) in [7, 11) is 0. The van der Waals surface area contributed by atoms with Gasteiger partial charge in [-0.25, -0.2) is 0 Å². The molecule has 9 aromatic carbocycles. The van der Waals surface area contributed by atoms with E-state index in [0.717, 1.165) is 17.1 Å². The van der Waals surface area contributed by atoms with Gasteiger partial charge < -0.3 is 4.90 Å². The fourth-order valence-corrected chi connectivity index (χ4v) is 8.85. The van der Waals surface area contributed by atoms with E-state index in [1.807, 2.05) is 0 Å². The molecular formula is C53H37N. The lowest BCUT2D eigenvalue weighted by molar-refractivity contribution is 0.775. The Hall–Kier alpha value is -6.96. The summed E-state index contributed by atoms with van der Waals surface area (Å²) in [4.78, 5) is 2.47. The van der Waals surface area contributed by atoms with Crippen LogP contribution in [0.3, 0.4) is 0 Å². The minimum atomic E-state index is -0.542. The molecule has 0 amide bonds. The Kier molecular flexibility index (Phi) is 7.78. The van der Waals surface area contributed by atoms with Crippen molar-refractivity contribution in [3.8, 4) is 33.4 Å². The third-order valence-electron chi connectivity index (χ3n) is 11.1. The Morgan fingerprint density at radius 3 is 1.48 bits per heavy atom. The zero-order valence-corrected chi connectivity index (χ0v) is 29.8. The molecule has 1 nitrogen and oxygen atoms in total. The van der Waals surface area contributed by atoms with Crippen molar-refractivity contribution < 1.29 is 0 Å². The van der Waals surface area contributed by atoms with Crippen LogP contribution in [-0.4, -0.2) is 0 Å². The lowest BCUT2D eigenvalue weighted by Crippen LogP contribution is -2.29. The molecule has 1 aliphatic carbocycles. The van der Waals surface area contributed by atoms with Crippen molar-refractivity contribution in [2.45, 2.75) is 5.41 Å². The summed E-state index contributed by atoms with van der Waals surface area (Å²) in [6.45, 7) is 0. The number of hydrogen-bond donors (Lipinski definition) is 0. The summed E-state index contributed by atoms with van der Waals surface area (Å²) in [6, 6.07) is 82.0. The van der Waals surface area contributed by atoms with E-state index in [2.05, 4.69) is 229 Å². The van der Waals surface area contributed by atoms with Gasteiger partial charge in [0.25, 0.3) is 0 Å². The van der Waals surface area contributed by atoms with Gasteiger partial charge in [0, 0.05) is 16.6 Å². The molecule has 0 bridgehead atoms. The molecule has 0 heterocycles. The molecule has 0 radical (unpaired) electrons. The van der Waals surface area contributed by atoms with Crippen molar-refractivity contribution in [3.05, 3.63) is 247 Å². The van der Waals surface area contributed by atoms with Crippen LogP contribution >= 0.6 is 0 Å². The fourth-order valence-electron chi connectivity index (χ4n) is 8.85. The number of nitrogens with zero attached hydrogens (tertiary/aromatic N) is 1. The zero-order valence-electron chi connectivity index (χ0n) is 29.8. The van der Waals surface area contributed by atoms with Crippen molar-refractivity contribution in [2.75, 3.05) is 4.90 Å². The minimum Gasteiger partial charge on any atom is -0.309 e. The Bertz CT molecular complexity index is 2700. The summed E-state index contributed by atoms with van der Waals surface area (Å²) in [6.07, 6.45) is 0. The van der Waals surface area contributed by atoms with Gasteiger partial charge >= 0.3 is 0 Å². The first kappa shape index (κ1) is 31.7. The fraction of sp³-hybridized carbons (Fsp3) is 0.0189. The summed E-state index contributed by atoms with van der Waals surface area (Å²) in [5.41, 5.74) is 15.3. The van der Waals surface area contributed by atoms with Crippen LogP contribution in [0.5, 0.6) is 0 Å². The molecule has 10 rings (SSSR count). The lowest BCUT2D eigenvalue weighted by atomic mass is 9.66. The quantitative estimate of drug-likeness (QED) is 0.161. The highest BCUT2D eigenvalue weighted by atomic mass is 15.1. The van der Waals surface area contributed by atoms with Gasteiger partial charge in [0.1, 0.15) is 0 Å². The molecule has 1 aliphatic rings. The average molecular weight is 688 g/mol. The number of benzene rings is 9. The highest BCUT2D eigenvalue weighted by Gasteiger charge is 2.47. The van der Waals surface area contributed by atoms with E-state index >= 15 is 0 Å². The molecule has 254 valence electrons. The molecular weight excluding hydrogens is 651 g/mol. The third-order valence-corrected chi connectivity index (χ3v) is 11.1. The second kappa shape index (κ2) is 13.2. The van der Waals surface area contributed by atoms with Crippen LogP contribution in [0.4, 0.5) is 17.1 Å². The second-order valence-electron chi connectivity index (χ2n) is 14.0. The maximum absolute atomic E-state index is 2.48. The van der Waals surface area contributed by atoms with Crippen molar-refractivity contribution >= 4 is 27.8 Å². The zero-order chi connectivity index (χ0) is 35.9. The van der Waals surface area contributed by atoms with Crippen LogP contribution < -0.4 is 4.90 Å². The van der Waals surface area contributed by atoms with Gasteiger partial charge in [-0.05, 0) is 85.8 Å². The van der Waals surface area contributed by atoms with Gasteiger partial charge in [-0.1, -0.05) is 194 Å². The number of hydrogen-bond acceptors (Lipinski definition) is 1. The number of fused-ring (bicyclic) bond motifs is 5. The van der Waals surface area contributed by atoms with Gasteiger partial charge in [-0.3, -0.25) is 0 Å². The highest BCUT2D eigenvalue weighted by molar-refractivity contribution is 6.09. The summed E-state index contributed by atoms with van der Waals surface area (Å²) in [5, 5.41) is 2.45. The standard InChI is InChI=1S/C53H37N/c1-6-20-38(21-7-1)40-34-35-49-47(36-40)48-37-51(54(43-28-14-5-15-29-43)50-33-19-18-30-44(50)39-22-8-2-9-23-39)45-31-16-17-32-46(45)52(48)53(49,41-24-10-3-11-25-41)42-26-12-4-13-27-42/h1-37H. The van der Waals surface area contributed by atoms with Crippen LogP contribution in [0.25, 0.3) is 44.2 Å². The molecule has 0 spiro atoms. The molecule has 0 saturated heterocycles. The first-order valence-corrected chi connectivity index (χ1v) is 18.7. The van der Waals surface area contributed by atoms with E-state index in [9.17, 15) is 0 Å². The van der Waals surface area contributed by atoms with E-state index in [1.54, 1.807) is 0 Å². The average Bonchev–Trinajstić information content (AvgIpc) is 3.56. The first-order valence-electron chi connectivity index (χ1n) is 18.7. The van der Waals surface area contributed by atoms with Crippen molar-refractivity contribution in [3.63, 3.8) is 0 Å². The van der Waals surface area contributed by atoms with Crippen LogP contribution in [-0.2, 0) is 5.41 Å². The van der Waals surface area contributed by atoms with E-state index in [-0.39, 0.29) is 0 Å². The van der Waals surface area contributed by atoms with Gasteiger partial charge in [-0.15, -0.1) is 0 Å². The molecule has 0 N–H and O–H groups in total. The number of rotatable bonds is 7. The van der Waals surface area contributed by atoms with Crippen LogP contribution in [0.2, 0.25) is 0 Å². The smallest absolute Gasteiger partial charge is 0.0719 e. The van der Waals surface area contributed by atoms with Crippen molar-refractivity contribution in [1.82, 2.24) is 0 Å². The highest BCUT2D eigenvalue weighted by Crippen LogP contribution is 2.60. The maximum atomic E-state index is 2.48. The normalized spacial score (nSPS) is 12.6. The molecule has 0 fully saturated rings. The Morgan fingerprint density at radius 2 is 0.833 bits per heavy atom. The summed E-state index contributed by atoms with van der Waals surface area (Å²) in [5.74, 6) is 0. The lowest BCUT2D eigenvalue weighted by Gasteiger charge is -2.35. The number of anilines is 3. The topological polar surface area (TPSA) is 3.24 Å². The summed E-state index contributed by atoms with van der Waals surface area (Å²) >= 11 is 0. The minimum absolute atomic E-state index is 0.542. The van der Waals surface area contributed by atoms with E-state index < -0.39 is 5.41 Å². The predicted octanol–water partition coefficient (Wildman–Crippen LogP) is 14.0. The molecule has 0 saturated carbocycles. The number of para-hydroxylation sites is 2. The molecule has 0 atom stereocenters. The Balaban J connectivity index is 1.35. The largest absolute Gasteiger partial charge is 0.309 e. The first-order chi connectivity index (χ1) is 26.8. The van der Waals surface area contributed by atoms with Gasteiger partial charge in [0.15, 0.2) is 0 Å². The van der Waals surface area contributed by atoms with Crippen molar-refractivity contribution in [2.24, 2.45) is 0 Å². The van der Waals surface area contributed by atoms with Crippen molar-refractivity contribution in [1.29, 1.82) is 0 Å². The molecule has 0 aromatic heterocycles. The SMILES string of the molecule is c1ccc(-c2ccc3c(c2)-c2cc(N(c4ccccc4)c4ccccc4-c4ccccc4)c4ccccc4c2C3(c2ccccc2)c2ccccc2)cc1. The van der Waals surface area contributed by atoms with E-state index in [0.29, 0.717) is 0 Å². The molecule has 54 heavy (non-hydrogen) atoms. The third kappa shape index (κ3) is 5.01. The molecule has 1 heteroatoms.